The number of carbonyl (C=O) groups is 1. The SMILES string of the molecule is O=C1CC2(CCN(Cc3ccc4c(c3)OCCCCO4)C2)CN1. The average molecular weight is 316 g/mol. The molecule has 1 spiro atoms. The van der Waals surface area contributed by atoms with Gasteiger partial charge in [0.2, 0.25) is 5.91 Å². The zero-order valence-corrected chi connectivity index (χ0v) is 13.5. The second-order valence-corrected chi connectivity index (χ2v) is 7.10. The van der Waals surface area contributed by atoms with Gasteiger partial charge in [0, 0.05) is 31.5 Å². The Morgan fingerprint density at radius 2 is 2.00 bits per heavy atom. The summed E-state index contributed by atoms with van der Waals surface area (Å²) in [5.74, 6) is 1.93. The number of hydrogen-bond acceptors (Lipinski definition) is 4. The Morgan fingerprint density at radius 3 is 2.78 bits per heavy atom. The van der Waals surface area contributed by atoms with Crippen LogP contribution in [-0.2, 0) is 11.3 Å². The second kappa shape index (κ2) is 6.04. The van der Waals surface area contributed by atoms with Crippen LogP contribution in [0.3, 0.4) is 0 Å². The van der Waals surface area contributed by atoms with Crippen molar-refractivity contribution >= 4 is 5.91 Å². The third-order valence-electron chi connectivity index (χ3n) is 5.18. The minimum absolute atomic E-state index is 0.167. The quantitative estimate of drug-likeness (QED) is 0.906. The molecule has 1 aromatic carbocycles. The van der Waals surface area contributed by atoms with Gasteiger partial charge in [0.1, 0.15) is 0 Å². The normalized spacial score (nSPS) is 27.7. The van der Waals surface area contributed by atoms with E-state index in [4.69, 9.17) is 9.47 Å². The van der Waals surface area contributed by atoms with Crippen molar-refractivity contribution in [2.45, 2.75) is 32.2 Å². The van der Waals surface area contributed by atoms with Gasteiger partial charge in [0.25, 0.3) is 0 Å². The number of rotatable bonds is 2. The van der Waals surface area contributed by atoms with Crippen molar-refractivity contribution in [1.29, 1.82) is 0 Å². The van der Waals surface area contributed by atoms with Crippen molar-refractivity contribution < 1.29 is 14.3 Å². The van der Waals surface area contributed by atoms with Crippen LogP contribution in [0.25, 0.3) is 0 Å². The smallest absolute Gasteiger partial charge is 0.220 e. The molecule has 5 heteroatoms. The number of likely N-dealkylation sites (tertiary alicyclic amines) is 1. The highest BCUT2D eigenvalue weighted by molar-refractivity contribution is 5.79. The average Bonchev–Trinajstić information content (AvgIpc) is 3.07. The van der Waals surface area contributed by atoms with Crippen molar-refractivity contribution in [3.05, 3.63) is 23.8 Å². The van der Waals surface area contributed by atoms with E-state index in [1.165, 1.54) is 5.56 Å². The molecule has 1 atom stereocenters. The molecular weight excluding hydrogens is 292 g/mol. The molecule has 3 aliphatic heterocycles. The highest BCUT2D eigenvalue weighted by atomic mass is 16.5. The molecule has 124 valence electrons. The lowest BCUT2D eigenvalue weighted by Gasteiger charge is -2.22. The van der Waals surface area contributed by atoms with Crippen LogP contribution in [0.2, 0.25) is 0 Å². The molecule has 0 aliphatic carbocycles. The van der Waals surface area contributed by atoms with Gasteiger partial charge in [0.05, 0.1) is 13.2 Å². The number of benzene rings is 1. The van der Waals surface area contributed by atoms with Gasteiger partial charge in [-0.1, -0.05) is 6.07 Å². The molecule has 2 fully saturated rings. The van der Waals surface area contributed by atoms with Crippen molar-refractivity contribution in [1.82, 2.24) is 10.2 Å². The fourth-order valence-electron chi connectivity index (χ4n) is 3.91. The van der Waals surface area contributed by atoms with Crippen LogP contribution >= 0.6 is 0 Å². The molecule has 1 amide bonds. The third-order valence-corrected chi connectivity index (χ3v) is 5.18. The van der Waals surface area contributed by atoms with Gasteiger partial charge in [0.15, 0.2) is 11.5 Å². The second-order valence-electron chi connectivity index (χ2n) is 7.10. The summed E-state index contributed by atoms with van der Waals surface area (Å²) in [6.45, 7) is 5.34. The maximum absolute atomic E-state index is 11.5. The van der Waals surface area contributed by atoms with Crippen molar-refractivity contribution in [3.8, 4) is 11.5 Å². The van der Waals surface area contributed by atoms with Crippen LogP contribution in [-0.4, -0.2) is 43.7 Å². The Hall–Kier alpha value is -1.75. The zero-order valence-electron chi connectivity index (χ0n) is 13.5. The van der Waals surface area contributed by atoms with Gasteiger partial charge in [-0.05, 0) is 43.5 Å². The largest absolute Gasteiger partial charge is 0.490 e. The van der Waals surface area contributed by atoms with E-state index in [0.29, 0.717) is 6.42 Å². The molecule has 3 heterocycles. The topological polar surface area (TPSA) is 50.8 Å². The Labute approximate surface area is 136 Å². The van der Waals surface area contributed by atoms with E-state index in [2.05, 4.69) is 22.3 Å². The van der Waals surface area contributed by atoms with Crippen LogP contribution in [0.15, 0.2) is 18.2 Å². The monoisotopic (exact) mass is 316 g/mol. The zero-order chi connectivity index (χ0) is 15.7. The molecule has 0 radical (unpaired) electrons. The summed E-state index contributed by atoms with van der Waals surface area (Å²) in [6.07, 6.45) is 3.88. The lowest BCUT2D eigenvalue weighted by Crippen LogP contribution is -2.28. The molecule has 0 aromatic heterocycles. The van der Waals surface area contributed by atoms with E-state index in [0.717, 1.165) is 70.2 Å². The summed E-state index contributed by atoms with van der Waals surface area (Å²) in [7, 11) is 0. The summed E-state index contributed by atoms with van der Waals surface area (Å²) in [4.78, 5) is 14.0. The summed E-state index contributed by atoms with van der Waals surface area (Å²) in [5, 5.41) is 2.99. The summed E-state index contributed by atoms with van der Waals surface area (Å²) >= 11 is 0. The Kier molecular flexibility index (Phi) is 3.89. The summed E-state index contributed by atoms with van der Waals surface area (Å²) in [5.41, 5.74) is 1.42. The van der Waals surface area contributed by atoms with E-state index < -0.39 is 0 Å². The number of fused-ring (bicyclic) bond motifs is 1. The van der Waals surface area contributed by atoms with E-state index in [1.54, 1.807) is 0 Å². The van der Waals surface area contributed by atoms with E-state index in [9.17, 15) is 4.79 Å². The lowest BCUT2D eigenvalue weighted by atomic mass is 9.86. The Balaban J connectivity index is 1.43. The Bertz CT molecular complexity index is 604. The van der Waals surface area contributed by atoms with Gasteiger partial charge in [-0.2, -0.15) is 0 Å². The predicted octanol–water partition coefficient (Wildman–Crippen LogP) is 1.95. The van der Waals surface area contributed by atoms with Gasteiger partial charge in [-0.15, -0.1) is 0 Å². The van der Waals surface area contributed by atoms with Gasteiger partial charge in [-0.25, -0.2) is 0 Å². The van der Waals surface area contributed by atoms with Crippen LogP contribution in [0.5, 0.6) is 11.5 Å². The fraction of sp³-hybridized carbons (Fsp3) is 0.611. The van der Waals surface area contributed by atoms with E-state index >= 15 is 0 Å². The van der Waals surface area contributed by atoms with Crippen molar-refractivity contribution in [2.24, 2.45) is 5.41 Å². The molecule has 3 aliphatic rings. The van der Waals surface area contributed by atoms with Crippen LogP contribution in [0.1, 0.15) is 31.2 Å². The number of nitrogens with one attached hydrogen (secondary N) is 1. The molecule has 4 rings (SSSR count). The number of nitrogens with zero attached hydrogens (tertiary/aromatic N) is 1. The van der Waals surface area contributed by atoms with Crippen LogP contribution in [0.4, 0.5) is 0 Å². The highest BCUT2D eigenvalue weighted by Crippen LogP contribution is 2.37. The van der Waals surface area contributed by atoms with E-state index in [1.807, 2.05) is 6.07 Å². The van der Waals surface area contributed by atoms with Crippen LogP contribution < -0.4 is 14.8 Å². The molecule has 0 bridgehead atoms. The summed E-state index contributed by atoms with van der Waals surface area (Å²) in [6, 6.07) is 6.28. The minimum atomic E-state index is 0.167. The number of amides is 1. The molecule has 0 saturated carbocycles. The number of carbonyl (C=O) groups excluding carboxylic acids is 1. The van der Waals surface area contributed by atoms with E-state index in [-0.39, 0.29) is 11.3 Å². The van der Waals surface area contributed by atoms with Gasteiger partial charge in [-0.3, -0.25) is 9.69 Å². The standard InChI is InChI=1S/C18H24N2O3/c21-17-10-18(12-19-17)5-6-20(13-18)11-14-3-4-15-16(9-14)23-8-2-1-7-22-15/h3-4,9H,1-2,5-8,10-13H2,(H,19,21). The first-order valence-corrected chi connectivity index (χ1v) is 8.60. The van der Waals surface area contributed by atoms with Crippen molar-refractivity contribution in [2.75, 3.05) is 32.8 Å². The van der Waals surface area contributed by atoms with Gasteiger partial charge >= 0.3 is 0 Å². The third kappa shape index (κ3) is 3.15. The number of ether oxygens (including phenoxy) is 2. The first-order chi connectivity index (χ1) is 11.2. The first kappa shape index (κ1) is 14.8. The molecule has 5 nitrogen and oxygen atoms in total. The molecule has 2 saturated heterocycles. The molecule has 1 unspecified atom stereocenters. The first-order valence-electron chi connectivity index (χ1n) is 8.60. The Morgan fingerprint density at radius 1 is 1.17 bits per heavy atom. The minimum Gasteiger partial charge on any atom is -0.490 e. The number of hydrogen-bond donors (Lipinski definition) is 1. The maximum atomic E-state index is 11.5. The predicted molar refractivity (Wildman–Crippen MR) is 86.6 cm³/mol. The maximum Gasteiger partial charge on any atom is 0.220 e. The highest BCUT2D eigenvalue weighted by Gasteiger charge is 2.43. The van der Waals surface area contributed by atoms with Crippen molar-refractivity contribution in [3.63, 3.8) is 0 Å². The van der Waals surface area contributed by atoms with Crippen LogP contribution in [0, 0.1) is 5.41 Å². The lowest BCUT2D eigenvalue weighted by molar-refractivity contribution is -0.119. The fourth-order valence-corrected chi connectivity index (χ4v) is 3.91. The molecular formula is C18H24N2O3. The summed E-state index contributed by atoms with van der Waals surface area (Å²) < 4.78 is 11.6. The van der Waals surface area contributed by atoms with Gasteiger partial charge < -0.3 is 14.8 Å². The molecule has 1 aromatic rings. The molecule has 23 heavy (non-hydrogen) atoms. The molecule has 1 N–H and O–H groups in total.